The third-order valence-corrected chi connectivity index (χ3v) is 4.93. The summed E-state index contributed by atoms with van der Waals surface area (Å²) in [5, 5.41) is 7.55. The largest absolute Gasteiger partial charge is 0.344 e. The van der Waals surface area contributed by atoms with E-state index in [0.717, 1.165) is 37.2 Å². The fraction of sp³-hybridized carbons (Fsp3) is 0.0588. The van der Waals surface area contributed by atoms with Gasteiger partial charge in [-0.3, -0.25) is 4.98 Å². The van der Waals surface area contributed by atoms with Gasteiger partial charge in [0.05, 0.1) is 10.5 Å². The zero-order chi connectivity index (χ0) is 15.1. The van der Waals surface area contributed by atoms with Gasteiger partial charge in [0.2, 0.25) is 0 Å². The molecule has 0 unspecified atom stereocenters. The number of benzene rings is 1. The fourth-order valence-electron chi connectivity index (χ4n) is 2.60. The van der Waals surface area contributed by atoms with E-state index in [1.165, 1.54) is 0 Å². The molecule has 3 aromatic rings. The standard InChI is InChI=1S/C17H13ClN3S/c1-21-10-12(18)9-15-17(21)22-16(20-15)8-11-6-7-19-14-5-3-2-4-13(11)14/h2-10,20H,1H3/q+1/b16-8-. The van der Waals surface area contributed by atoms with Gasteiger partial charge in [-0.05, 0) is 41.6 Å². The molecule has 5 heteroatoms. The lowest BCUT2D eigenvalue weighted by atomic mass is 10.1. The van der Waals surface area contributed by atoms with Crippen molar-refractivity contribution in [2.24, 2.45) is 7.05 Å². The highest BCUT2D eigenvalue weighted by Crippen LogP contribution is 2.40. The lowest BCUT2D eigenvalue weighted by molar-refractivity contribution is -0.707. The molecule has 1 aromatic carbocycles. The van der Waals surface area contributed by atoms with Gasteiger partial charge in [-0.25, -0.2) is 0 Å². The number of halogens is 1. The SMILES string of the molecule is C[n+]1cc(Cl)cc2c1S/C(=C\c1ccnc3ccccc13)N2. The second-order valence-corrected chi connectivity index (χ2v) is 6.61. The number of para-hydroxylation sites is 1. The van der Waals surface area contributed by atoms with E-state index in [2.05, 4.69) is 22.4 Å². The smallest absolute Gasteiger partial charge is 0.269 e. The van der Waals surface area contributed by atoms with Gasteiger partial charge in [0.25, 0.3) is 5.03 Å². The number of pyridine rings is 2. The van der Waals surface area contributed by atoms with Crippen molar-refractivity contribution in [3.63, 3.8) is 0 Å². The third-order valence-electron chi connectivity index (χ3n) is 3.58. The van der Waals surface area contributed by atoms with E-state index < -0.39 is 0 Å². The summed E-state index contributed by atoms with van der Waals surface area (Å²) in [5.74, 6) is 0. The van der Waals surface area contributed by atoms with Crippen LogP contribution < -0.4 is 9.88 Å². The highest BCUT2D eigenvalue weighted by Gasteiger charge is 2.25. The lowest BCUT2D eigenvalue weighted by Gasteiger charge is -2.02. The van der Waals surface area contributed by atoms with E-state index in [1.54, 1.807) is 11.8 Å². The number of anilines is 1. The summed E-state index contributed by atoms with van der Waals surface area (Å²) in [5.41, 5.74) is 3.21. The van der Waals surface area contributed by atoms with E-state index in [4.69, 9.17) is 11.6 Å². The van der Waals surface area contributed by atoms with Crippen molar-refractivity contribution < 1.29 is 4.57 Å². The Kier molecular flexibility index (Phi) is 3.28. The van der Waals surface area contributed by atoms with Gasteiger partial charge in [-0.1, -0.05) is 29.8 Å². The number of thioether (sulfide) groups is 1. The maximum atomic E-state index is 6.12. The molecule has 22 heavy (non-hydrogen) atoms. The molecule has 0 aliphatic carbocycles. The van der Waals surface area contributed by atoms with E-state index in [0.29, 0.717) is 0 Å². The summed E-state index contributed by atoms with van der Waals surface area (Å²) in [6, 6.07) is 12.2. The van der Waals surface area contributed by atoms with Gasteiger partial charge in [-0.15, -0.1) is 0 Å². The second-order valence-electron chi connectivity index (χ2n) is 5.14. The molecule has 3 heterocycles. The molecule has 2 aromatic heterocycles. The van der Waals surface area contributed by atoms with Crippen LogP contribution in [0.1, 0.15) is 5.56 Å². The number of aromatic nitrogens is 2. The Labute approximate surface area is 137 Å². The number of nitrogens with zero attached hydrogens (tertiary/aromatic N) is 2. The van der Waals surface area contributed by atoms with Crippen LogP contribution in [0.3, 0.4) is 0 Å². The number of hydrogen-bond donors (Lipinski definition) is 1. The van der Waals surface area contributed by atoms with Crippen LogP contribution in [0.4, 0.5) is 5.69 Å². The normalized spacial score (nSPS) is 15.1. The minimum atomic E-state index is 0.727. The van der Waals surface area contributed by atoms with Crippen LogP contribution in [0.2, 0.25) is 5.02 Å². The Morgan fingerprint density at radius 1 is 1.27 bits per heavy atom. The van der Waals surface area contributed by atoms with Crippen molar-refractivity contribution in [1.29, 1.82) is 0 Å². The summed E-state index contributed by atoms with van der Waals surface area (Å²) < 4.78 is 2.04. The van der Waals surface area contributed by atoms with Gasteiger partial charge in [0, 0.05) is 11.6 Å². The van der Waals surface area contributed by atoms with Gasteiger partial charge in [0.15, 0.2) is 6.20 Å². The fourth-order valence-corrected chi connectivity index (χ4v) is 3.83. The first-order valence-corrected chi connectivity index (χ1v) is 8.10. The third kappa shape index (κ3) is 2.34. The first-order valence-electron chi connectivity index (χ1n) is 6.90. The predicted molar refractivity (Wildman–Crippen MR) is 91.8 cm³/mol. The predicted octanol–water partition coefficient (Wildman–Crippen LogP) is 4.23. The number of hydrogen-bond acceptors (Lipinski definition) is 3. The molecule has 1 aliphatic heterocycles. The van der Waals surface area contributed by atoms with Gasteiger partial charge in [0.1, 0.15) is 17.8 Å². The van der Waals surface area contributed by atoms with Gasteiger partial charge in [-0.2, -0.15) is 4.57 Å². The van der Waals surface area contributed by atoms with E-state index in [-0.39, 0.29) is 0 Å². The minimum Gasteiger partial charge on any atom is -0.344 e. The number of rotatable bonds is 1. The average Bonchev–Trinajstić information content (AvgIpc) is 2.90. The van der Waals surface area contributed by atoms with Crippen LogP contribution >= 0.6 is 23.4 Å². The maximum Gasteiger partial charge on any atom is 0.269 e. The zero-order valence-electron chi connectivity index (χ0n) is 11.9. The molecule has 1 N–H and O–H groups in total. The average molecular weight is 327 g/mol. The van der Waals surface area contributed by atoms with Gasteiger partial charge >= 0.3 is 0 Å². The number of nitrogens with one attached hydrogen (secondary N) is 1. The van der Waals surface area contributed by atoms with Crippen molar-refractivity contribution in [2.75, 3.05) is 5.32 Å². The van der Waals surface area contributed by atoms with E-state index >= 15 is 0 Å². The van der Waals surface area contributed by atoms with Crippen LogP contribution in [0, 0.1) is 0 Å². The first-order chi connectivity index (χ1) is 10.7. The molecule has 108 valence electrons. The van der Waals surface area contributed by atoms with Crippen LogP contribution in [-0.2, 0) is 7.05 Å². The Bertz CT molecular complexity index is 916. The second kappa shape index (κ2) is 5.30. The lowest BCUT2D eigenvalue weighted by Crippen LogP contribution is -2.29. The van der Waals surface area contributed by atoms with Crippen LogP contribution in [0.5, 0.6) is 0 Å². The summed E-state index contributed by atoms with van der Waals surface area (Å²) in [4.78, 5) is 4.40. The molecule has 1 aliphatic rings. The topological polar surface area (TPSA) is 28.8 Å². The number of fused-ring (bicyclic) bond motifs is 2. The molecule has 0 spiro atoms. The monoisotopic (exact) mass is 326 g/mol. The molecular weight excluding hydrogens is 314 g/mol. The molecule has 0 fully saturated rings. The summed E-state index contributed by atoms with van der Waals surface area (Å²) >= 11 is 7.83. The highest BCUT2D eigenvalue weighted by molar-refractivity contribution is 8.03. The zero-order valence-corrected chi connectivity index (χ0v) is 13.4. The van der Waals surface area contributed by atoms with Crippen molar-refractivity contribution in [3.8, 4) is 0 Å². The Balaban J connectivity index is 1.77. The van der Waals surface area contributed by atoms with Crippen molar-refractivity contribution in [2.45, 2.75) is 5.03 Å². The van der Waals surface area contributed by atoms with Crippen LogP contribution in [0.15, 0.2) is 58.8 Å². The molecule has 0 saturated heterocycles. The molecule has 0 amide bonds. The quantitative estimate of drug-likeness (QED) is 0.678. The summed E-state index contributed by atoms with van der Waals surface area (Å²) in [7, 11) is 2.00. The van der Waals surface area contributed by atoms with E-state index in [1.807, 2.05) is 54.3 Å². The molecule has 0 bridgehead atoms. The van der Waals surface area contributed by atoms with Crippen molar-refractivity contribution >= 4 is 46.0 Å². The summed E-state index contributed by atoms with van der Waals surface area (Å²) in [6.45, 7) is 0. The molecular formula is C17H13ClN3S+. The molecule has 3 nitrogen and oxygen atoms in total. The Morgan fingerprint density at radius 3 is 3.05 bits per heavy atom. The molecule has 4 rings (SSSR count). The summed E-state index contributed by atoms with van der Waals surface area (Å²) in [6.07, 6.45) is 5.92. The van der Waals surface area contributed by atoms with Crippen molar-refractivity contribution in [1.82, 2.24) is 4.98 Å². The number of aryl methyl sites for hydroxylation is 1. The first kappa shape index (κ1) is 13.6. The van der Waals surface area contributed by atoms with Crippen LogP contribution in [0.25, 0.3) is 17.0 Å². The molecule has 0 radical (unpaired) electrons. The maximum absolute atomic E-state index is 6.12. The van der Waals surface area contributed by atoms with E-state index in [9.17, 15) is 0 Å². The molecule has 0 atom stereocenters. The highest BCUT2D eigenvalue weighted by atomic mass is 35.5. The van der Waals surface area contributed by atoms with Crippen molar-refractivity contribution in [3.05, 3.63) is 64.4 Å². The van der Waals surface area contributed by atoms with Crippen LogP contribution in [-0.4, -0.2) is 4.98 Å². The Morgan fingerprint density at radius 2 is 2.14 bits per heavy atom. The Hall–Kier alpha value is -2.04. The molecule has 0 saturated carbocycles. The van der Waals surface area contributed by atoms with Gasteiger partial charge < -0.3 is 5.32 Å². The minimum absolute atomic E-state index is 0.727.